The number of carbonyl (C=O) groups is 1. The first-order valence-corrected chi connectivity index (χ1v) is 7.58. The van der Waals surface area contributed by atoms with Crippen LogP contribution in [0.1, 0.15) is 23.0 Å². The van der Waals surface area contributed by atoms with Gasteiger partial charge < -0.3 is 10.1 Å². The van der Waals surface area contributed by atoms with Crippen LogP contribution in [-0.4, -0.2) is 17.6 Å². The Morgan fingerprint density at radius 2 is 1.83 bits per heavy atom. The molecule has 1 heterocycles. The van der Waals surface area contributed by atoms with E-state index in [1.165, 1.54) is 0 Å². The molecule has 4 heteroatoms. The van der Waals surface area contributed by atoms with Gasteiger partial charge in [-0.15, -0.1) is 0 Å². The molecule has 0 radical (unpaired) electrons. The monoisotopic (exact) mass is 306 g/mol. The third-order valence-electron chi connectivity index (χ3n) is 3.54. The highest BCUT2D eigenvalue weighted by Crippen LogP contribution is 2.28. The van der Waals surface area contributed by atoms with E-state index in [9.17, 15) is 4.79 Å². The van der Waals surface area contributed by atoms with Crippen molar-refractivity contribution in [1.29, 1.82) is 0 Å². The SMILES string of the molecule is CCOC(=O)c1ccccc1Nc1cc(C)nc2ccccc12. The van der Waals surface area contributed by atoms with Gasteiger partial charge in [-0.3, -0.25) is 4.98 Å². The average molecular weight is 306 g/mol. The number of nitrogens with zero attached hydrogens (tertiary/aromatic N) is 1. The van der Waals surface area contributed by atoms with Crippen molar-refractivity contribution in [2.75, 3.05) is 11.9 Å². The Morgan fingerprint density at radius 3 is 2.65 bits per heavy atom. The van der Waals surface area contributed by atoms with Gasteiger partial charge in [0, 0.05) is 16.8 Å². The number of hydrogen-bond donors (Lipinski definition) is 1. The Hall–Kier alpha value is -2.88. The second kappa shape index (κ2) is 6.48. The third kappa shape index (κ3) is 3.16. The quantitative estimate of drug-likeness (QED) is 0.723. The summed E-state index contributed by atoms with van der Waals surface area (Å²) < 4.78 is 5.13. The molecule has 0 aliphatic carbocycles. The highest BCUT2D eigenvalue weighted by atomic mass is 16.5. The van der Waals surface area contributed by atoms with Crippen molar-refractivity contribution >= 4 is 28.2 Å². The standard InChI is InChI=1S/C19H18N2O2/c1-3-23-19(22)15-9-5-7-11-17(15)21-18-12-13(2)20-16-10-6-4-8-14(16)18/h4-12H,3H2,1-2H3,(H,20,21). The molecule has 0 aliphatic rings. The summed E-state index contributed by atoms with van der Waals surface area (Å²) in [5, 5.41) is 4.37. The van der Waals surface area contributed by atoms with Crippen molar-refractivity contribution in [3.8, 4) is 0 Å². The van der Waals surface area contributed by atoms with Crippen molar-refractivity contribution in [2.24, 2.45) is 0 Å². The van der Waals surface area contributed by atoms with Crippen LogP contribution in [0.25, 0.3) is 10.9 Å². The van der Waals surface area contributed by atoms with Crippen LogP contribution in [0.4, 0.5) is 11.4 Å². The predicted octanol–water partition coefficient (Wildman–Crippen LogP) is 4.46. The van der Waals surface area contributed by atoms with Crippen LogP contribution in [0.2, 0.25) is 0 Å². The molecule has 3 aromatic rings. The molecule has 2 aromatic carbocycles. The number of esters is 1. The van der Waals surface area contributed by atoms with E-state index in [0.29, 0.717) is 12.2 Å². The van der Waals surface area contributed by atoms with E-state index in [2.05, 4.69) is 10.3 Å². The molecule has 0 saturated carbocycles. The molecule has 1 aromatic heterocycles. The Balaban J connectivity index is 2.05. The molecule has 116 valence electrons. The van der Waals surface area contributed by atoms with Crippen molar-refractivity contribution in [1.82, 2.24) is 4.98 Å². The maximum absolute atomic E-state index is 12.1. The molecule has 0 aliphatic heterocycles. The molecule has 1 N–H and O–H groups in total. The minimum absolute atomic E-state index is 0.328. The van der Waals surface area contributed by atoms with E-state index in [1.54, 1.807) is 13.0 Å². The number of anilines is 2. The molecule has 0 spiro atoms. The van der Waals surface area contributed by atoms with Crippen LogP contribution in [0.3, 0.4) is 0 Å². The Bertz CT molecular complexity index is 859. The van der Waals surface area contributed by atoms with Gasteiger partial charge in [0.05, 0.1) is 23.4 Å². The summed E-state index contributed by atoms with van der Waals surface area (Å²) in [6, 6.07) is 17.3. The zero-order valence-corrected chi connectivity index (χ0v) is 13.2. The minimum Gasteiger partial charge on any atom is -0.462 e. The first kappa shape index (κ1) is 15.0. The summed E-state index contributed by atoms with van der Waals surface area (Å²) in [4.78, 5) is 16.6. The minimum atomic E-state index is -0.328. The number of aromatic nitrogens is 1. The van der Waals surface area contributed by atoms with Gasteiger partial charge in [-0.25, -0.2) is 4.79 Å². The topological polar surface area (TPSA) is 51.2 Å². The molecular formula is C19H18N2O2. The summed E-state index contributed by atoms with van der Waals surface area (Å²) in [6.45, 7) is 4.10. The van der Waals surface area contributed by atoms with Crippen LogP contribution < -0.4 is 5.32 Å². The lowest BCUT2D eigenvalue weighted by molar-refractivity contribution is 0.0527. The van der Waals surface area contributed by atoms with E-state index in [4.69, 9.17) is 4.74 Å². The van der Waals surface area contributed by atoms with Crippen LogP contribution in [0.15, 0.2) is 54.6 Å². The molecule has 0 fully saturated rings. The van der Waals surface area contributed by atoms with Crippen molar-refractivity contribution < 1.29 is 9.53 Å². The second-order valence-electron chi connectivity index (χ2n) is 5.22. The fourth-order valence-electron chi connectivity index (χ4n) is 2.54. The van der Waals surface area contributed by atoms with Gasteiger partial charge in [-0.1, -0.05) is 30.3 Å². The number of nitrogens with one attached hydrogen (secondary N) is 1. The highest BCUT2D eigenvalue weighted by molar-refractivity contribution is 5.99. The summed E-state index contributed by atoms with van der Waals surface area (Å²) in [5.74, 6) is -0.328. The Labute approximate surface area is 135 Å². The van der Waals surface area contributed by atoms with Gasteiger partial charge in [0.2, 0.25) is 0 Å². The molecule has 0 unspecified atom stereocenters. The van der Waals surface area contributed by atoms with E-state index in [0.717, 1.165) is 28.0 Å². The highest BCUT2D eigenvalue weighted by Gasteiger charge is 2.13. The lowest BCUT2D eigenvalue weighted by Crippen LogP contribution is -2.08. The van der Waals surface area contributed by atoms with Crippen molar-refractivity contribution in [3.05, 3.63) is 65.9 Å². The van der Waals surface area contributed by atoms with E-state index < -0.39 is 0 Å². The first-order chi connectivity index (χ1) is 11.2. The molecular weight excluding hydrogens is 288 g/mol. The second-order valence-corrected chi connectivity index (χ2v) is 5.22. The normalized spacial score (nSPS) is 10.5. The summed E-state index contributed by atoms with van der Waals surface area (Å²) >= 11 is 0. The average Bonchev–Trinajstić information content (AvgIpc) is 2.55. The van der Waals surface area contributed by atoms with E-state index in [-0.39, 0.29) is 5.97 Å². The molecule has 0 atom stereocenters. The van der Waals surface area contributed by atoms with Gasteiger partial charge in [-0.05, 0) is 38.1 Å². The molecule has 4 nitrogen and oxygen atoms in total. The number of para-hydroxylation sites is 2. The number of carbonyl (C=O) groups excluding carboxylic acids is 1. The number of hydrogen-bond acceptors (Lipinski definition) is 4. The number of pyridine rings is 1. The largest absolute Gasteiger partial charge is 0.462 e. The summed E-state index contributed by atoms with van der Waals surface area (Å²) in [6.07, 6.45) is 0. The van der Waals surface area contributed by atoms with Crippen LogP contribution in [-0.2, 0) is 4.74 Å². The van der Waals surface area contributed by atoms with Crippen molar-refractivity contribution in [3.63, 3.8) is 0 Å². The maximum atomic E-state index is 12.1. The van der Waals surface area contributed by atoms with Crippen LogP contribution in [0.5, 0.6) is 0 Å². The molecule has 0 saturated heterocycles. The predicted molar refractivity (Wildman–Crippen MR) is 92.2 cm³/mol. The van der Waals surface area contributed by atoms with E-state index >= 15 is 0 Å². The lowest BCUT2D eigenvalue weighted by atomic mass is 10.1. The molecule has 23 heavy (non-hydrogen) atoms. The summed E-state index contributed by atoms with van der Waals surface area (Å²) in [5.41, 5.74) is 4.00. The van der Waals surface area contributed by atoms with Crippen LogP contribution >= 0.6 is 0 Å². The van der Waals surface area contributed by atoms with Gasteiger partial charge in [0.25, 0.3) is 0 Å². The van der Waals surface area contributed by atoms with E-state index in [1.807, 2.05) is 55.5 Å². The third-order valence-corrected chi connectivity index (χ3v) is 3.54. The number of fused-ring (bicyclic) bond motifs is 1. The lowest BCUT2D eigenvalue weighted by Gasteiger charge is -2.13. The Morgan fingerprint density at radius 1 is 1.09 bits per heavy atom. The molecule has 0 bridgehead atoms. The van der Waals surface area contributed by atoms with Gasteiger partial charge >= 0.3 is 5.97 Å². The number of aryl methyl sites for hydroxylation is 1. The van der Waals surface area contributed by atoms with Crippen molar-refractivity contribution in [2.45, 2.75) is 13.8 Å². The number of ether oxygens (including phenoxy) is 1. The van der Waals surface area contributed by atoms with Gasteiger partial charge in [0.1, 0.15) is 0 Å². The zero-order valence-electron chi connectivity index (χ0n) is 13.2. The fraction of sp³-hybridized carbons (Fsp3) is 0.158. The van der Waals surface area contributed by atoms with Gasteiger partial charge in [0.15, 0.2) is 0 Å². The molecule has 0 amide bonds. The Kier molecular flexibility index (Phi) is 4.24. The number of benzene rings is 2. The first-order valence-electron chi connectivity index (χ1n) is 7.58. The molecule has 3 rings (SSSR count). The number of rotatable bonds is 4. The fourth-order valence-corrected chi connectivity index (χ4v) is 2.54. The van der Waals surface area contributed by atoms with Crippen LogP contribution in [0, 0.1) is 6.92 Å². The van der Waals surface area contributed by atoms with Gasteiger partial charge in [-0.2, -0.15) is 0 Å². The zero-order chi connectivity index (χ0) is 16.2. The maximum Gasteiger partial charge on any atom is 0.340 e. The summed E-state index contributed by atoms with van der Waals surface area (Å²) in [7, 11) is 0. The smallest absolute Gasteiger partial charge is 0.340 e.